The van der Waals surface area contributed by atoms with Gasteiger partial charge in [0.15, 0.2) is 9.84 Å². The predicted octanol–water partition coefficient (Wildman–Crippen LogP) is 4.25. The Balaban J connectivity index is 1.88. The van der Waals surface area contributed by atoms with Crippen molar-refractivity contribution in [2.24, 2.45) is 0 Å². The van der Waals surface area contributed by atoms with Crippen molar-refractivity contribution in [2.45, 2.75) is 24.0 Å². The number of carbonyl (C=O) groups excluding carboxylic acids is 1. The molecule has 0 heterocycles. The van der Waals surface area contributed by atoms with Crippen LogP contribution in [-0.2, 0) is 9.84 Å². The molecule has 3 aromatic rings. The van der Waals surface area contributed by atoms with E-state index in [1.807, 2.05) is 32.0 Å². The van der Waals surface area contributed by atoms with Crippen LogP contribution in [0, 0.1) is 13.8 Å². The molecule has 0 saturated heterocycles. The summed E-state index contributed by atoms with van der Waals surface area (Å²) in [4.78, 5) is 12.8. The summed E-state index contributed by atoms with van der Waals surface area (Å²) in [5, 5.41) is 1.93. The number of aryl methyl sites for hydroxylation is 2. The molecule has 0 saturated carbocycles. The predicted molar refractivity (Wildman–Crippen MR) is 111 cm³/mol. The van der Waals surface area contributed by atoms with E-state index >= 15 is 0 Å². The molecule has 0 fully saturated rings. The molecule has 5 heteroatoms. The summed E-state index contributed by atoms with van der Waals surface area (Å²) < 4.78 is 26.5. The van der Waals surface area contributed by atoms with Crippen LogP contribution in [0.2, 0.25) is 0 Å². The van der Waals surface area contributed by atoms with Gasteiger partial charge in [-0.2, -0.15) is 0 Å². The summed E-state index contributed by atoms with van der Waals surface area (Å²) in [6.45, 7) is 3.92. The molecule has 0 bridgehead atoms. The van der Waals surface area contributed by atoms with Gasteiger partial charge in [-0.25, -0.2) is 8.42 Å². The van der Waals surface area contributed by atoms with E-state index in [1.54, 1.807) is 60.7 Å². The fraction of sp³-hybridized carbons (Fsp3) is 0.174. The van der Waals surface area contributed by atoms with Gasteiger partial charge in [0.05, 0.1) is 4.90 Å². The number of benzene rings is 3. The van der Waals surface area contributed by atoms with E-state index in [2.05, 4.69) is 5.32 Å². The van der Waals surface area contributed by atoms with E-state index in [0.717, 1.165) is 11.1 Å². The van der Waals surface area contributed by atoms with Gasteiger partial charge >= 0.3 is 0 Å². The minimum Gasteiger partial charge on any atom is -0.350 e. The molecule has 1 amide bonds. The van der Waals surface area contributed by atoms with E-state index < -0.39 is 15.1 Å². The molecule has 0 aromatic heterocycles. The Labute approximate surface area is 166 Å². The lowest BCUT2D eigenvalue weighted by atomic mass is 10.1. The van der Waals surface area contributed by atoms with Crippen molar-refractivity contribution in [3.05, 3.63) is 101 Å². The van der Waals surface area contributed by atoms with Gasteiger partial charge in [-0.1, -0.05) is 54.6 Å². The lowest BCUT2D eigenvalue weighted by Crippen LogP contribution is -2.32. The quantitative estimate of drug-likeness (QED) is 0.681. The van der Waals surface area contributed by atoms with Gasteiger partial charge in [0.1, 0.15) is 5.25 Å². The van der Waals surface area contributed by atoms with Gasteiger partial charge in [-0.3, -0.25) is 4.79 Å². The first-order chi connectivity index (χ1) is 13.4. The highest BCUT2D eigenvalue weighted by Crippen LogP contribution is 2.28. The van der Waals surface area contributed by atoms with Crippen molar-refractivity contribution < 1.29 is 13.2 Å². The summed E-state index contributed by atoms with van der Waals surface area (Å²) in [6, 6.07) is 22.8. The number of hydrogen-bond donors (Lipinski definition) is 1. The second kappa shape index (κ2) is 8.40. The molecule has 0 radical (unpaired) electrons. The Kier molecular flexibility index (Phi) is 5.95. The normalized spacial score (nSPS) is 12.4. The van der Waals surface area contributed by atoms with Gasteiger partial charge in [0.25, 0.3) is 5.91 Å². The first-order valence-corrected chi connectivity index (χ1v) is 10.6. The highest BCUT2D eigenvalue weighted by atomic mass is 32.2. The summed E-state index contributed by atoms with van der Waals surface area (Å²) >= 11 is 0. The molecular weight excluding hydrogens is 370 g/mol. The van der Waals surface area contributed by atoms with Crippen LogP contribution in [-0.4, -0.2) is 20.9 Å². The molecule has 0 spiro atoms. The Hall–Kier alpha value is -2.92. The van der Waals surface area contributed by atoms with Crippen LogP contribution in [0.5, 0.6) is 0 Å². The molecular formula is C23H23NO3S. The third-order valence-electron chi connectivity index (χ3n) is 4.83. The largest absolute Gasteiger partial charge is 0.350 e. The zero-order valence-electron chi connectivity index (χ0n) is 15.9. The van der Waals surface area contributed by atoms with E-state index in [9.17, 15) is 13.2 Å². The minimum atomic E-state index is -3.66. The van der Waals surface area contributed by atoms with Crippen molar-refractivity contribution in [3.8, 4) is 0 Å². The average molecular weight is 394 g/mol. The SMILES string of the molecule is Cc1ccc(C(=O)NC[C@H](c2ccccc2)S(=O)(=O)c2ccccc2)cc1C. The Morgan fingerprint density at radius 3 is 2.07 bits per heavy atom. The van der Waals surface area contributed by atoms with Gasteiger partial charge in [0.2, 0.25) is 0 Å². The molecule has 144 valence electrons. The fourth-order valence-corrected chi connectivity index (χ4v) is 4.70. The zero-order chi connectivity index (χ0) is 20.1. The Bertz CT molecular complexity index is 1060. The topological polar surface area (TPSA) is 63.2 Å². The number of carbonyl (C=O) groups is 1. The van der Waals surface area contributed by atoms with Crippen LogP contribution in [0.4, 0.5) is 0 Å². The maximum Gasteiger partial charge on any atom is 0.251 e. The van der Waals surface area contributed by atoms with E-state index in [1.165, 1.54) is 0 Å². The van der Waals surface area contributed by atoms with Gasteiger partial charge in [0, 0.05) is 12.1 Å². The van der Waals surface area contributed by atoms with Crippen molar-refractivity contribution >= 4 is 15.7 Å². The van der Waals surface area contributed by atoms with E-state index in [4.69, 9.17) is 0 Å². The minimum absolute atomic E-state index is 0.00695. The number of amides is 1. The molecule has 1 N–H and O–H groups in total. The second-order valence-corrected chi connectivity index (χ2v) is 8.90. The van der Waals surface area contributed by atoms with Crippen LogP contribution in [0.25, 0.3) is 0 Å². The Morgan fingerprint density at radius 1 is 0.857 bits per heavy atom. The van der Waals surface area contributed by atoms with Crippen molar-refractivity contribution in [2.75, 3.05) is 6.54 Å². The van der Waals surface area contributed by atoms with Crippen LogP contribution >= 0.6 is 0 Å². The molecule has 1 atom stereocenters. The standard InChI is InChI=1S/C23H23NO3S/c1-17-13-14-20(15-18(17)2)23(25)24-16-22(19-9-5-3-6-10-19)28(26,27)21-11-7-4-8-12-21/h3-15,22H,16H2,1-2H3,(H,24,25)/t22-/m1/s1. The van der Waals surface area contributed by atoms with Crippen molar-refractivity contribution in [3.63, 3.8) is 0 Å². The number of hydrogen-bond acceptors (Lipinski definition) is 3. The molecule has 3 aromatic carbocycles. The van der Waals surface area contributed by atoms with Crippen LogP contribution in [0.15, 0.2) is 83.8 Å². The molecule has 4 nitrogen and oxygen atoms in total. The molecule has 28 heavy (non-hydrogen) atoms. The second-order valence-electron chi connectivity index (χ2n) is 6.77. The van der Waals surface area contributed by atoms with Crippen LogP contribution < -0.4 is 5.32 Å². The smallest absolute Gasteiger partial charge is 0.251 e. The average Bonchev–Trinajstić information content (AvgIpc) is 2.71. The number of rotatable bonds is 6. The van der Waals surface area contributed by atoms with Crippen LogP contribution in [0.1, 0.15) is 32.3 Å². The molecule has 0 aliphatic heterocycles. The lowest BCUT2D eigenvalue weighted by molar-refractivity contribution is 0.0953. The molecule has 0 aliphatic rings. The van der Waals surface area contributed by atoms with E-state index in [-0.39, 0.29) is 17.3 Å². The highest BCUT2D eigenvalue weighted by molar-refractivity contribution is 7.91. The van der Waals surface area contributed by atoms with Gasteiger partial charge in [-0.15, -0.1) is 0 Å². The first kappa shape index (κ1) is 19.8. The molecule has 0 aliphatic carbocycles. The van der Waals surface area contributed by atoms with Crippen molar-refractivity contribution in [1.82, 2.24) is 5.32 Å². The summed E-state index contributed by atoms with van der Waals surface area (Å²) in [5.41, 5.74) is 3.29. The molecule has 0 unspecified atom stereocenters. The summed E-state index contributed by atoms with van der Waals surface area (Å²) in [5.74, 6) is -0.285. The van der Waals surface area contributed by atoms with E-state index in [0.29, 0.717) is 11.1 Å². The highest BCUT2D eigenvalue weighted by Gasteiger charge is 2.29. The molecule has 3 rings (SSSR count). The maximum absolute atomic E-state index is 13.2. The van der Waals surface area contributed by atoms with Gasteiger partial charge in [-0.05, 0) is 54.8 Å². The third kappa shape index (κ3) is 4.31. The number of sulfone groups is 1. The zero-order valence-corrected chi connectivity index (χ0v) is 16.7. The first-order valence-electron chi connectivity index (χ1n) is 9.09. The summed E-state index contributed by atoms with van der Waals surface area (Å²) in [6.07, 6.45) is 0. The van der Waals surface area contributed by atoms with Crippen LogP contribution in [0.3, 0.4) is 0 Å². The summed E-state index contributed by atoms with van der Waals surface area (Å²) in [7, 11) is -3.66. The van der Waals surface area contributed by atoms with Crippen molar-refractivity contribution in [1.29, 1.82) is 0 Å². The van der Waals surface area contributed by atoms with Gasteiger partial charge < -0.3 is 5.32 Å². The monoisotopic (exact) mass is 393 g/mol. The number of nitrogens with one attached hydrogen (secondary N) is 1. The maximum atomic E-state index is 13.2. The fourth-order valence-electron chi connectivity index (χ4n) is 3.02. The third-order valence-corrected chi connectivity index (χ3v) is 6.95. The Morgan fingerprint density at radius 2 is 1.46 bits per heavy atom. The lowest BCUT2D eigenvalue weighted by Gasteiger charge is -2.19.